The fraction of sp³-hybridized carbons (Fsp3) is 0.316. The molecule has 0 atom stereocenters. The summed E-state index contributed by atoms with van der Waals surface area (Å²) in [5.74, 6) is 1.72. The van der Waals surface area contributed by atoms with E-state index in [1.807, 2.05) is 43.1 Å². The van der Waals surface area contributed by atoms with E-state index >= 15 is 0 Å². The highest BCUT2D eigenvalue weighted by Crippen LogP contribution is 2.25. The molecule has 1 fully saturated rings. The summed E-state index contributed by atoms with van der Waals surface area (Å²) in [5, 5.41) is 0. The van der Waals surface area contributed by atoms with Crippen LogP contribution in [0.3, 0.4) is 0 Å². The standard InChI is InChI=1S/C19H21N5/c1-15-10-22-19(18-4-8-21-9-5-18)24(15)14-17-12-23(13-17)11-16-2-6-20-7-3-16/h2-10,17H,11-14H2,1H3. The molecule has 0 aliphatic carbocycles. The van der Waals surface area contributed by atoms with E-state index in [0.29, 0.717) is 5.92 Å². The molecule has 4 rings (SSSR count). The van der Waals surface area contributed by atoms with Gasteiger partial charge in [-0.2, -0.15) is 0 Å². The largest absolute Gasteiger partial charge is 0.328 e. The lowest BCUT2D eigenvalue weighted by atomic mass is 9.99. The Bertz CT molecular complexity index is 791. The first-order valence-corrected chi connectivity index (χ1v) is 8.33. The highest BCUT2D eigenvalue weighted by molar-refractivity contribution is 5.55. The Morgan fingerprint density at radius 3 is 2.38 bits per heavy atom. The number of imidazole rings is 1. The molecule has 3 aromatic rings. The molecular weight excluding hydrogens is 298 g/mol. The molecule has 0 aromatic carbocycles. The lowest BCUT2D eigenvalue weighted by molar-refractivity contribution is 0.0803. The van der Waals surface area contributed by atoms with Crippen LogP contribution in [0.15, 0.2) is 55.2 Å². The van der Waals surface area contributed by atoms with Gasteiger partial charge in [0.05, 0.1) is 0 Å². The van der Waals surface area contributed by atoms with Crippen LogP contribution < -0.4 is 0 Å². The van der Waals surface area contributed by atoms with Crippen molar-refractivity contribution in [2.45, 2.75) is 20.0 Å². The molecule has 0 saturated carbocycles. The van der Waals surface area contributed by atoms with Crippen molar-refractivity contribution in [3.8, 4) is 11.4 Å². The Balaban J connectivity index is 1.40. The van der Waals surface area contributed by atoms with Crippen LogP contribution in [0.2, 0.25) is 0 Å². The second-order valence-electron chi connectivity index (χ2n) is 6.49. The first-order valence-electron chi connectivity index (χ1n) is 8.33. The molecule has 3 aromatic heterocycles. The second kappa shape index (κ2) is 6.53. The summed E-state index contributed by atoms with van der Waals surface area (Å²) < 4.78 is 2.34. The van der Waals surface area contributed by atoms with E-state index in [4.69, 9.17) is 0 Å². The van der Waals surface area contributed by atoms with Crippen LogP contribution in [-0.4, -0.2) is 37.5 Å². The van der Waals surface area contributed by atoms with Crippen molar-refractivity contribution in [2.75, 3.05) is 13.1 Å². The third-order valence-corrected chi connectivity index (χ3v) is 4.62. The van der Waals surface area contributed by atoms with E-state index in [9.17, 15) is 0 Å². The molecule has 0 unspecified atom stereocenters. The minimum Gasteiger partial charge on any atom is -0.328 e. The zero-order valence-electron chi connectivity index (χ0n) is 13.8. The minimum atomic E-state index is 0.681. The number of pyridine rings is 2. The number of rotatable bonds is 5. The number of aromatic nitrogens is 4. The normalized spacial score (nSPS) is 15.4. The summed E-state index contributed by atoms with van der Waals surface area (Å²) in [4.78, 5) is 15.3. The SMILES string of the molecule is Cc1cnc(-c2ccncc2)n1CC1CN(Cc2ccncc2)C1. The van der Waals surface area contributed by atoms with Crippen LogP contribution in [0.5, 0.6) is 0 Å². The molecule has 24 heavy (non-hydrogen) atoms. The maximum absolute atomic E-state index is 4.60. The average molecular weight is 319 g/mol. The Morgan fingerprint density at radius 2 is 1.67 bits per heavy atom. The third kappa shape index (κ3) is 3.08. The lowest BCUT2D eigenvalue weighted by Crippen LogP contribution is -2.47. The van der Waals surface area contributed by atoms with Gasteiger partial charge in [-0.15, -0.1) is 0 Å². The van der Waals surface area contributed by atoms with Crippen molar-refractivity contribution in [3.05, 3.63) is 66.5 Å². The summed E-state index contributed by atoms with van der Waals surface area (Å²) in [6, 6.07) is 8.23. The van der Waals surface area contributed by atoms with Crippen LogP contribution in [0, 0.1) is 12.8 Å². The van der Waals surface area contributed by atoms with Gasteiger partial charge in [0, 0.05) is 74.3 Å². The van der Waals surface area contributed by atoms with Crippen LogP contribution in [0.1, 0.15) is 11.3 Å². The maximum atomic E-state index is 4.60. The van der Waals surface area contributed by atoms with E-state index in [2.05, 4.69) is 43.5 Å². The van der Waals surface area contributed by atoms with E-state index in [0.717, 1.165) is 37.6 Å². The zero-order valence-corrected chi connectivity index (χ0v) is 13.8. The van der Waals surface area contributed by atoms with Gasteiger partial charge in [0.25, 0.3) is 0 Å². The van der Waals surface area contributed by atoms with Crippen molar-refractivity contribution < 1.29 is 0 Å². The van der Waals surface area contributed by atoms with Crippen LogP contribution >= 0.6 is 0 Å². The monoisotopic (exact) mass is 319 g/mol. The molecule has 0 amide bonds. The Labute approximate surface area is 142 Å². The quantitative estimate of drug-likeness (QED) is 0.725. The molecule has 1 aliphatic rings. The molecule has 1 saturated heterocycles. The van der Waals surface area contributed by atoms with Crippen LogP contribution in [-0.2, 0) is 13.1 Å². The van der Waals surface area contributed by atoms with Gasteiger partial charge in [0.15, 0.2) is 0 Å². The molecule has 1 aliphatic heterocycles. The van der Waals surface area contributed by atoms with E-state index in [-0.39, 0.29) is 0 Å². The van der Waals surface area contributed by atoms with Crippen molar-refractivity contribution in [3.63, 3.8) is 0 Å². The molecule has 5 nitrogen and oxygen atoms in total. The number of aryl methyl sites for hydroxylation is 1. The summed E-state index contributed by atoms with van der Waals surface area (Å²) in [5.41, 5.74) is 3.68. The van der Waals surface area contributed by atoms with Crippen molar-refractivity contribution in [1.82, 2.24) is 24.4 Å². The number of hydrogen-bond donors (Lipinski definition) is 0. The smallest absolute Gasteiger partial charge is 0.140 e. The molecule has 5 heteroatoms. The predicted octanol–water partition coefficient (Wildman–Crippen LogP) is 2.78. The number of likely N-dealkylation sites (tertiary alicyclic amines) is 1. The molecule has 0 radical (unpaired) electrons. The topological polar surface area (TPSA) is 46.8 Å². The van der Waals surface area contributed by atoms with E-state index < -0.39 is 0 Å². The zero-order chi connectivity index (χ0) is 16.4. The highest BCUT2D eigenvalue weighted by Gasteiger charge is 2.28. The molecular formula is C19H21N5. The average Bonchev–Trinajstić information content (AvgIpc) is 2.95. The molecule has 4 heterocycles. The summed E-state index contributed by atoms with van der Waals surface area (Å²) in [6.45, 7) is 6.44. The summed E-state index contributed by atoms with van der Waals surface area (Å²) >= 11 is 0. The van der Waals surface area contributed by atoms with Crippen molar-refractivity contribution >= 4 is 0 Å². The van der Waals surface area contributed by atoms with Crippen LogP contribution in [0.25, 0.3) is 11.4 Å². The van der Waals surface area contributed by atoms with Crippen LogP contribution in [0.4, 0.5) is 0 Å². The van der Waals surface area contributed by atoms with Gasteiger partial charge in [-0.3, -0.25) is 14.9 Å². The number of hydrogen-bond acceptors (Lipinski definition) is 4. The van der Waals surface area contributed by atoms with E-state index in [1.165, 1.54) is 11.3 Å². The Kier molecular flexibility index (Phi) is 4.09. The van der Waals surface area contributed by atoms with Gasteiger partial charge in [0.2, 0.25) is 0 Å². The predicted molar refractivity (Wildman–Crippen MR) is 93.2 cm³/mol. The van der Waals surface area contributed by atoms with Gasteiger partial charge in [-0.1, -0.05) is 0 Å². The number of nitrogens with zero attached hydrogens (tertiary/aromatic N) is 5. The first kappa shape index (κ1) is 15.0. The Morgan fingerprint density at radius 1 is 1.00 bits per heavy atom. The summed E-state index contributed by atoms with van der Waals surface area (Å²) in [6.07, 6.45) is 9.33. The molecule has 0 N–H and O–H groups in total. The summed E-state index contributed by atoms with van der Waals surface area (Å²) in [7, 11) is 0. The van der Waals surface area contributed by atoms with Gasteiger partial charge in [0.1, 0.15) is 5.82 Å². The van der Waals surface area contributed by atoms with Gasteiger partial charge < -0.3 is 4.57 Å². The Hall–Kier alpha value is -2.53. The fourth-order valence-electron chi connectivity index (χ4n) is 3.35. The fourth-order valence-corrected chi connectivity index (χ4v) is 3.35. The molecule has 0 bridgehead atoms. The second-order valence-corrected chi connectivity index (χ2v) is 6.49. The van der Waals surface area contributed by atoms with Gasteiger partial charge in [-0.25, -0.2) is 4.98 Å². The minimum absolute atomic E-state index is 0.681. The van der Waals surface area contributed by atoms with Crippen molar-refractivity contribution in [2.24, 2.45) is 5.92 Å². The third-order valence-electron chi connectivity index (χ3n) is 4.62. The lowest BCUT2D eigenvalue weighted by Gasteiger charge is -2.40. The molecule has 122 valence electrons. The van der Waals surface area contributed by atoms with Gasteiger partial charge in [-0.05, 0) is 36.8 Å². The molecule has 0 spiro atoms. The van der Waals surface area contributed by atoms with E-state index in [1.54, 1.807) is 0 Å². The first-order chi connectivity index (χ1) is 11.8. The highest BCUT2D eigenvalue weighted by atomic mass is 15.2. The van der Waals surface area contributed by atoms with Gasteiger partial charge >= 0.3 is 0 Å². The van der Waals surface area contributed by atoms with Crippen molar-refractivity contribution in [1.29, 1.82) is 0 Å². The maximum Gasteiger partial charge on any atom is 0.140 e.